The molecule has 4 nitrogen and oxygen atoms in total. The zero-order valence-corrected chi connectivity index (χ0v) is 11.5. The lowest BCUT2D eigenvalue weighted by molar-refractivity contribution is 0.103. The summed E-state index contributed by atoms with van der Waals surface area (Å²) in [4.78, 5) is 12.4. The van der Waals surface area contributed by atoms with Gasteiger partial charge in [-0.05, 0) is 36.8 Å². The van der Waals surface area contributed by atoms with Crippen LogP contribution in [-0.4, -0.2) is 20.7 Å². The van der Waals surface area contributed by atoms with E-state index in [-0.39, 0.29) is 17.1 Å². The number of ketones is 1. The van der Waals surface area contributed by atoms with Crippen molar-refractivity contribution in [3.8, 4) is 11.4 Å². The minimum absolute atomic E-state index is 0.00698. The van der Waals surface area contributed by atoms with Crippen LogP contribution in [-0.2, 0) is 0 Å². The van der Waals surface area contributed by atoms with Crippen molar-refractivity contribution in [2.75, 3.05) is 0 Å². The molecule has 4 heteroatoms. The predicted molar refractivity (Wildman–Crippen MR) is 79.8 cm³/mol. The summed E-state index contributed by atoms with van der Waals surface area (Å²) >= 11 is 0. The molecule has 104 valence electrons. The normalized spacial score (nSPS) is 10.5. The van der Waals surface area contributed by atoms with Crippen LogP contribution in [0.25, 0.3) is 5.69 Å². The second kappa shape index (κ2) is 5.25. The van der Waals surface area contributed by atoms with Gasteiger partial charge in [-0.1, -0.05) is 24.3 Å². The number of nitrogens with zero attached hydrogens (tertiary/aromatic N) is 2. The molecule has 0 aliphatic carbocycles. The summed E-state index contributed by atoms with van der Waals surface area (Å²) in [5.74, 6) is -0.248. The number of phenols is 1. The van der Waals surface area contributed by atoms with Crippen molar-refractivity contribution in [3.63, 3.8) is 0 Å². The van der Waals surface area contributed by atoms with Gasteiger partial charge in [-0.15, -0.1) is 0 Å². The number of carbonyl (C=O) groups is 1. The molecule has 0 saturated heterocycles. The molecule has 0 fully saturated rings. The molecule has 1 aromatic heterocycles. The van der Waals surface area contributed by atoms with Crippen LogP contribution in [0, 0.1) is 6.92 Å². The second-order valence-electron chi connectivity index (χ2n) is 4.86. The highest BCUT2D eigenvalue weighted by Crippen LogP contribution is 2.22. The van der Waals surface area contributed by atoms with E-state index in [1.807, 2.05) is 37.3 Å². The van der Waals surface area contributed by atoms with Gasteiger partial charge in [0.05, 0.1) is 23.0 Å². The molecule has 21 heavy (non-hydrogen) atoms. The fraction of sp³-hybridized carbons (Fsp3) is 0.0588. The van der Waals surface area contributed by atoms with Crippen LogP contribution in [0.3, 0.4) is 0 Å². The Balaban J connectivity index is 1.94. The highest BCUT2D eigenvalue weighted by atomic mass is 16.3. The highest BCUT2D eigenvalue weighted by molar-refractivity contribution is 6.10. The number of para-hydroxylation sites is 1. The summed E-state index contributed by atoms with van der Waals surface area (Å²) in [5, 5.41) is 14.1. The predicted octanol–water partition coefficient (Wildman–Crippen LogP) is 3.12. The van der Waals surface area contributed by atoms with Gasteiger partial charge in [-0.2, -0.15) is 5.10 Å². The zero-order chi connectivity index (χ0) is 14.8. The molecule has 0 spiro atoms. The smallest absolute Gasteiger partial charge is 0.199 e. The molecule has 0 amide bonds. The van der Waals surface area contributed by atoms with E-state index in [1.165, 1.54) is 6.20 Å². The average molecular weight is 278 g/mol. The first kappa shape index (κ1) is 13.1. The van der Waals surface area contributed by atoms with Crippen molar-refractivity contribution in [3.05, 3.63) is 77.6 Å². The molecular formula is C17H14N2O2. The van der Waals surface area contributed by atoms with Crippen molar-refractivity contribution in [1.82, 2.24) is 9.78 Å². The largest absolute Gasteiger partial charge is 0.507 e. The molecule has 2 aromatic carbocycles. The molecule has 0 unspecified atom stereocenters. The minimum Gasteiger partial charge on any atom is -0.507 e. The molecule has 0 saturated carbocycles. The fourth-order valence-electron chi connectivity index (χ4n) is 2.15. The van der Waals surface area contributed by atoms with Crippen molar-refractivity contribution >= 4 is 5.78 Å². The van der Waals surface area contributed by atoms with Crippen LogP contribution >= 0.6 is 0 Å². The average Bonchev–Trinajstić information content (AvgIpc) is 2.97. The summed E-state index contributed by atoms with van der Waals surface area (Å²) in [6.07, 6.45) is 3.17. The van der Waals surface area contributed by atoms with Gasteiger partial charge < -0.3 is 5.11 Å². The minimum atomic E-state index is -0.241. The van der Waals surface area contributed by atoms with Gasteiger partial charge in [0.2, 0.25) is 0 Å². The summed E-state index contributed by atoms with van der Waals surface area (Å²) < 4.78 is 1.64. The Labute approximate surface area is 122 Å². The van der Waals surface area contributed by atoms with E-state index in [2.05, 4.69) is 5.10 Å². The van der Waals surface area contributed by atoms with E-state index in [0.29, 0.717) is 5.56 Å². The van der Waals surface area contributed by atoms with Crippen LogP contribution in [0.2, 0.25) is 0 Å². The number of phenolic OH excluding ortho intramolecular Hbond substituents is 1. The number of aromatic hydroxyl groups is 1. The van der Waals surface area contributed by atoms with Crippen molar-refractivity contribution in [2.24, 2.45) is 0 Å². The molecule has 1 N–H and O–H groups in total. The number of aryl methyl sites for hydroxylation is 1. The van der Waals surface area contributed by atoms with Gasteiger partial charge in [0.25, 0.3) is 0 Å². The Hall–Kier alpha value is -2.88. The monoisotopic (exact) mass is 278 g/mol. The first-order chi connectivity index (χ1) is 10.1. The van der Waals surface area contributed by atoms with E-state index < -0.39 is 0 Å². The first-order valence-electron chi connectivity index (χ1n) is 6.59. The molecule has 3 aromatic rings. The Kier molecular flexibility index (Phi) is 3.28. The standard InChI is InChI=1S/C17H14N2O2/c1-12-7-8-15(16(20)9-12)17(21)13-10-18-19(11-13)14-5-3-2-4-6-14/h2-11,20H,1H3. The summed E-state index contributed by atoms with van der Waals surface area (Å²) in [6, 6.07) is 14.6. The second-order valence-corrected chi connectivity index (χ2v) is 4.86. The van der Waals surface area contributed by atoms with Gasteiger partial charge in [-0.25, -0.2) is 4.68 Å². The molecule has 0 aliphatic rings. The van der Waals surface area contributed by atoms with E-state index in [0.717, 1.165) is 11.3 Å². The highest BCUT2D eigenvalue weighted by Gasteiger charge is 2.15. The molecule has 3 rings (SSSR count). The lowest BCUT2D eigenvalue weighted by Crippen LogP contribution is -2.01. The van der Waals surface area contributed by atoms with Crippen LogP contribution in [0.4, 0.5) is 0 Å². The van der Waals surface area contributed by atoms with E-state index in [9.17, 15) is 9.90 Å². The quantitative estimate of drug-likeness (QED) is 0.749. The summed E-state index contributed by atoms with van der Waals surface area (Å²) in [5.41, 5.74) is 2.51. The van der Waals surface area contributed by atoms with E-state index in [4.69, 9.17) is 0 Å². The lowest BCUT2D eigenvalue weighted by Gasteiger charge is -2.03. The number of carbonyl (C=O) groups excluding carboxylic acids is 1. The van der Waals surface area contributed by atoms with Gasteiger partial charge in [-0.3, -0.25) is 4.79 Å². The Morgan fingerprint density at radius 1 is 1.14 bits per heavy atom. The number of benzene rings is 2. The summed E-state index contributed by atoms with van der Waals surface area (Å²) in [7, 11) is 0. The van der Waals surface area contributed by atoms with Crippen LogP contribution in [0.1, 0.15) is 21.5 Å². The lowest BCUT2D eigenvalue weighted by atomic mass is 10.0. The van der Waals surface area contributed by atoms with Crippen LogP contribution < -0.4 is 0 Å². The zero-order valence-electron chi connectivity index (χ0n) is 11.5. The van der Waals surface area contributed by atoms with Gasteiger partial charge in [0, 0.05) is 6.20 Å². The van der Waals surface area contributed by atoms with Crippen molar-refractivity contribution in [1.29, 1.82) is 0 Å². The molecule has 0 bridgehead atoms. The molecule has 0 aliphatic heterocycles. The third kappa shape index (κ3) is 2.56. The summed E-state index contributed by atoms with van der Waals surface area (Å²) in [6.45, 7) is 1.86. The van der Waals surface area contributed by atoms with E-state index in [1.54, 1.807) is 29.1 Å². The van der Waals surface area contributed by atoms with Crippen LogP contribution in [0.5, 0.6) is 5.75 Å². The van der Waals surface area contributed by atoms with Gasteiger partial charge >= 0.3 is 0 Å². The molecule has 1 heterocycles. The molecule has 0 radical (unpaired) electrons. The van der Waals surface area contributed by atoms with Gasteiger partial charge in [0.1, 0.15) is 5.75 Å². The number of hydrogen-bond acceptors (Lipinski definition) is 3. The van der Waals surface area contributed by atoms with Crippen molar-refractivity contribution < 1.29 is 9.90 Å². The SMILES string of the molecule is Cc1ccc(C(=O)c2cnn(-c3ccccc3)c2)c(O)c1. The maximum absolute atomic E-state index is 12.4. The third-order valence-corrected chi connectivity index (χ3v) is 3.26. The number of hydrogen-bond donors (Lipinski definition) is 1. The Morgan fingerprint density at radius 3 is 2.62 bits per heavy atom. The number of aromatic nitrogens is 2. The maximum atomic E-state index is 12.4. The third-order valence-electron chi connectivity index (χ3n) is 3.26. The first-order valence-corrected chi connectivity index (χ1v) is 6.59. The molecular weight excluding hydrogens is 264 g/mol. The van der Waals surface area contributed by atoms with Crippen LogP contribution in [0.15, 0.2) is 60.9 Å². The Bertz CT molecular complexity index is 792. The van der Waals surface area contributed by atoms with Gasteiger partial charge in [0.15, 0.2) is 5.78 Å². The van der Waals surface area contributed by atoms with E-state index >= 15 is 0 Å². The molecule has 0 atom stereocenters. The maximum Gasteiger partial charge on any atom is 0.199 e. The topological polar surface area (TPSA) is 55.1 Å². The fourth-order valence-corrected chi connectivity index (χ4v) is 2.15. The van der Waals surface area contributed by atoms with Crippen molar-refractivity contribution in [2.45, 2.75) is 6.92 Å². The number of rotatable bonds is 3. The Morgan fingerprint density at radius 2 is 1.90 bits per heavy atom.